The molecule has 2 aromatic carbocycles. The first kappa shape index (κ1) is 21.4. The van der Waals surface area contributed by atoms with Gasteiger partial charge in [-0.05, 0) is 35.9 Å². The molecular formula is C18H16ClF3N2O4. The van der Waals surface area contributed by atoms with Gasteiger partial charge in [0, 0.05) is 5.69 Å². The number of halogens is 4. The lowest BCUT2D eigenvalue weighted by Gasteiger charge is -2.15. The fraction of sp³-hybridized carbons (Fsp3) is 0.222. The van der Waals surface area contributed by atoms with Gasteiger partial charge in [0.25, 0.3) is 0 Å². The van der Waals surface area contributed by atoms with E-state index >= 15 is 0 Å². The number of alkyl halides is 3. The number of hydrogen-bond donors (Lipinski definition) is 3. The average Bonchev–Trinajstić information content (AvgIpc) is 2.59. The minimum absolute atomic E-state index is 0.0197. The molecule has 28 heavy (non-hydrogen) atoms. The van der Waals surface area contributed by atoms with E-state index in [9.17, 15) is 22.8 Å². The van der Waals surface area contributed by atoms with Gasteiger partial charge in [0.1, 0.15) is 18.4 Å². The summed E-state index contributed by atoms with van der Waals surface area (Å²) >= 11 is 5.84. The first-order chi connectivity index (χ1) is 13.1. The van der Waals surface area contributed by atoms with Gasteiger partial charge in [-0.1, -0.05) is 23.7 Å². The topological polar surface area (TPSA) is 102 Å². The van der Waals surface area contributed by atoms with Gasteiger partial charge in [-0.2, -0.15) is 13.2 Å². The Hall–Kier alpha value is -2.94. The Bertz CT molecular complexity index is 874. The maximum atomic E-state index is 12.7. The second kappa shape index (κ2) is 8.83. The molecule has 0 aliphatic heterocycles. The van der Waals surface area contributed by atoms with Gasteiger partial charge in [0.2, 0.25) is 5.91 Å². The van der Waals surface area contributed by atoms with Crippen LogP contribution in [-0.4, -0.2) is 23.0 Å². The lowest BCUT2D eigenvalue weighted by Crippen LogP contribution is -2.34. The van der Waals surface area contributed by atoms with Crippen molar-refractivity contribution in [1.82, 2.24) is 0 Å². The van der Waals surface area contributed by atoms with Gasteiger partial charge in [0.15, 0.2) is 0 Å². The predicted molar refractivity (Wildman–Crippen MR) is 96.1 cm³/mol. The van der Waals surface area contributed by atoms with Crippen molar-refractivity contribution in [2.24, 2.45) is 5.73 Å². The molecule has 150 valence electrons. The number of hydrogen-bond acceptors (Lipinski definition) is 4. The summed E-state index contributed by atoms with van der Waals surface area (Å²) in [6.45, 7) is -0.0197. The van der Waals surface area contributed by atoms with Crippen molar-refractivity contribution in [3.05, 3.63) is 58.6 Å². The fourth-order valence-electron chi connectivity index (χ4n) is 2.31. The first-order valence-electron chi connectivity index (χ1n) is 7.92. The standard InChI is InChI=1S/C18H16ClF3N2O4/c19-13-7-11(18(20,21)22)4-5-15(13)28-9-10-2-1-3-12(6-10)24-14(17(26)27)8-16(23)25/h1-7,14,24H,8-9H2,(H2,23,25)(H,26,27)/t14-/m0/s1. The third-order valence-electron chi connectivity index (χ3n) is 3.62. The van der Waals surface area contributed by atoms with Crippen LogP contribution in [0.15, 0.2) is 42.5 Å². The van der Waals surface area contributed by atoms with Gasteiger partial charge >= 0.3 is 12.1 Å². The number of aliphatic carboxylic acids is 1. The third kappa shape index (κ3) is 6.05. The van der Waals surface area contributed by atoms with Crippen LogP contribution in [0.4, 0.5) is 18.9 Å². The number of carboxylic acid groups (broad SMARTS) is 1. The van der Waals surface area contributed by atoms with Gasteiger partial charge in [0.05, 0.1) is 17.0 Å². The third-order valence-corrected chi connectivity index (χ3v) is 3.92. The summed E-state index contributed by atoms with van der Waals surface area (Å²) in [5.74, 6) is -1.93. The van der Waals surface area contributed by atoms with Gasteiger partial charge in [-0.25, -0.2) is 4.79 Å². The van der Waals surface area contributed by atoms with Crippen molar-refractivity contribution in [3.8, 4) is 5.75 Å². The number of amides is 1. The Morgan fingerprint density at radius 1 is 1.21 bits per heavy atom. The maximum Gasteiger partial charge on any atom is 0.416 e. The molecule has 10 heteroatoms. The number of benzene rings is 2. The lowest BCUT2D eigenvalue weighted by atomic mass is 10.1. The minimum Gasteiger partial charge on any atom is -0.487 e. The summed E-state index contributed by atoms with van der Waals surface area (Å²) in [6, 6.07) is 8.03. The highest BCUT2D eigenvalue weighted by Gasteiger charge is 2.31. The van der Waals surface area contributed by atoms with Crippen LogP contribution in [-0.2, 0) is 22.4 Å². The first-order valence-corrected chi connectivity index (χ1v) is 8.30. The smallest absolute Gasteiger partial charge is 0.416 e. The maximum absolute atomic E-state index is 12.7. The van der Waals surface area contributed by atoms with E-state index in [1.807, 2.05) is 0 Å². The number of nitrogens with one attached hydrogen (secondary N) is 1. The second-order valence-electron chi connectivity index (χ2n) is 5.84. The summed E-state index contributed by atoms with van der Waals surface area (Å²) in [6.07, 6.45) is -4.90. The molecule has 0 heterocycles. The molecule has 0 bridgehead atoms. The number of rotatable bonds is 8. The van der Waals surface area contributed by atoms with E-state index in [0.29, 0.717) is 11.3 Å². The molecule has 1 amide bonds. The monoisotopic (exact) mass is 416 g/mol. The van der Waals surface area contributed by atoms with E-state index in [0.717, 1.165) is 18.2 Å². The van der Waals surface area contributed by atoms with Crippen LogP contribution >= 0.6 is 11.6 Å². The van der Waals surface area contributed by atoms with E-state index in [1.54, 1.807) is 24.3 Å². The fourth-order valence-corrected chi connectivity index (χ4v) is 2.54. The molecule has 0 aromatic heterocycles. The highest BCUT2D eigenvalue weighted by Crippen LogP contribution is 2.35. The van der Waals surface area contributed by atoms with Crippen molar-refractivity contribution in [3.63, 3.8) is 0 Å². The highest BCUT2D eigenvalue weighted by molar-refractivity contribution is 6.32. The van der Waals surface area contributed by atoms with Gasteiger partial charge < -0.3 is 20.9 Å². The van der Waals surface area contributed by atoms with Crippen molar-refractivity contribution < 1.29 is 32.6 Å². The van der Waals surface area contributed by atoms with Crippen LogP contribution in [0.2, 0.25) is 5.02 Å². The molecule has 0 saturated heterocycles. The van der Waals surface area contributed by atoms with Gasteiger partial charge in [-0.15, -0.1) is 0 Å². The molecule has 6 nitrogen and oxygen atoms in total. The zero-order valence-electron chi connectivity index (χ0n) is 14.3. The predicted octanol–water partition coefficient (Wildman–Crippen LogP) is 3.68. The molecular weight excluding hydrogens is 401 g/mol. The minimum atomic E-state index is -4.51. The van der Waals surface area contributed by atoms with Crippen molar-refractivity contribution in [1.29, 1.82) is 0 Å². The highest BCUT2D eigenvalue weighted by atomic mass is 35.5. The molecule has 1 atom stereocenters. The molecule has 0 aliphatic rings. The SMILES string of the molecule is NC(=O)C[C@H](Nc1cccc(COc2ccc(C(F)(F)F)cc2Cl)c1)C(=O)O. The van der Waals surface area contributed by atoms with Crippen LogP contribution in [0.3, 0.4) is 0 Å². The molecule has 0 fully saturated rings. The zero-order valence-corrected chi connectivity index (χ0v) is 15.1. The Morgan fingerprint density at radius 3 is 2.50 bits per heavy atom. The molecule has 2 rings (SSSR count). The summed E-state index contributed by atoms with van der Waals surface area (Å²) in [7, 11) is 0. The van der Waals surface area contributed by atoms with E-state index in [2.05, 4.69) is 5.32 Å². The zero-order chi connectivity index (χ0) is 20.9. The number of carbonyl (C=O) groups is 2. The summed E-state index contributed by atoms with van der Waals surface area (Å²) < 4.78 is 43.4. The number of anilines is 1. The van der Waals surface area contributed by atoms with Crippen LogP contribution in [0.5, 0.6) is 5.75 Å². The Balaban J connectivity index is 2.07. The largest absolute Gasteiger partial charge is 0.487 e. The molecule has 4 N–H and O–H groups in total. The van der Waals surface area contributed by atoms with Crippen LogP contribution in [0, 0.1) is 0 Å². The second-order valence-corrected chi connectivity index (χ2v) is 6.24. The quantitative estimate of drug-likeness (QED) is 0.609. The Kier molecular flexibility index (Phi) is 6.74. The molecule has 0 aliphatic carbocycles. The Labute approximate surface area is 163 Å². The molecule has 0 spiro atoms. The molecule has 0 saturated carbocycles. The van der Waals surface area contributed by atoms with E-state index in [4.69, 9.17) is 27.2 Å². The van der Waals surface area contributed by atoms with Crippen molar-refractivity contribution >= 4 is 29.2 Å². The summed E-state index contributed by atoms with van der Waals surface area (Å²) in [5, 5.41) is 11.6. The normalized spacial score (nSPS) is 12.3. The number of nitrogens with two attached hydrogens (primary N) is 1. The number of carbonyl (C=O) groups excluding carboxylic acids is 1. The van der Waals surface area contributed by atoms with E-state index < -0.39 is 36.1 Å². The molecule has 2 aromatic rings. The van der Waals surface area contributed by atoms with Crippen molar-refractivity contribution in [2.75, 3.05) is 5.32 Å². The Morgan fingerprint density at radius 2 is 1.93 bits per heavy atom. The van der Waals surface area contributed by atoms with Crippen LogP contribution < -0.4 is 15.8 Å². The van der Waals surface area contributed by atoms with E-state index in [-0.39, 0.29) is 17.4 Å². The number of primary amides is 1. The summed E-state index contributed by atoms with van der Waals surface area (Å²) in [5.41, 5.74) is 5.16. The van der Waals surface area contributed by atoms with Crippen LogP contribution in [0.1, 0.15) is 17.5 Å². The molecule has 0 radical (unpaired) electrons. The number of ether oxygens (including phenoxy) is 1. The lowest BCUT2D eigenvalue weighted by molar-refractivity contribution is -0.139. The van der Waals surface area contributed by atoms with Crippen LogP contribution in [0.25, 0.3) is 0 Å². The average molecular weight is 417 g/mol. The molecule has 0 unspecified atom stereocenters. The summed E-state index contributed by atoms with van der Waals surface area (Å²) in [4.78, 5) is 22.1. The van der Waals surface area contributed by atoms with Crippen molar-refractivity contribution in [2.45, 2.75) is 25.2 Å². The van der Waals surface area contributed by atoms with Gasteiger partial charge in [-0.3, -0.25) is 4.79 Å². The number of carboxylic acids is 1. The van der Waals surface area contributed by atoms with E-state index in [1.165, 1.54) is 0 Å².